The average Bonchev–Trinajstić information content (AvgIpc) is 3.36. The monoisotopic (exact) mass is 579 g/mol. The van der Waals surface area contributed by atoms with Crippen molar-refractivity contribution in [2.24, 2.45) is 0 Å². The molecule has 202 valence electrons. The number of halogens is 2. The highest BCUT2D eigenvalue weighted by molar-refractivity contribution is 7.99. The molecule has 2 heterocycles. The Morgan fingerprint density at radius 3 is 2.21 bits per heavy atom. The number of thioether (sulfide) groups is 1. The zero-order valence-electron chi connectivity index (χ0n) is 21.7. The summed E-state index contributed by atoms with van der Waals surface area (Å²) < 4.78 is 2.04. The van der Waals surface area contributed by atoms with Crippen LogP contribution in [0.5, 0.6) is 0 Å². The van der Waals surface area contributed by atoms with Gasteiger partial charge in [0.15, 0.2) is 5.16 Å². The van der Waals surface area contributed by atoms with Gasteiger partial charge in [-0.25, -0.2) is 0 Å². The first kappa shape index (κ1) is 27.7. The molecule has 1 saturated heterocycles. The Morgan fingerprint density at radius 2 is 1.51 bits per heavy atom. The summed E-state index contributed by atoms with van der Waals surface area (Å²) in [6.45, 7) is 4.32. The van der Waals surface area contributed by atoms with E-state index in [0.717, 1.165) is 67.1 Å². The minimum absolute atomic E-state index is 0.227. The van der Waals surface area contributed by atoms with E-state index >= 15 is 0 Å². The first-order valence-electron chi connectivity index (χ1n) is 13.2. The third-order valence-electron chi connectivity index (χ3n) is 6.81. The van der Waals surface area contributed by atoms with E-state index in [1.165, 1.54) is 5.56 Å². The highest BCUT2D eigenvalue weighted by Crippen LogP contribution is 2.29. The van der Waals surface area contributed by atoms with Crippen LogP contribution in [0.3, 0.4) is 0 Å². The summed E-state index contributed by atoms with van der Waals surface area (Å²) in [7, 11) is 0. The first-order chi connectivity index (χ1) is 19.1. The van der Waals surface area contributed by atoms with Gasteiger partial charge in [-0.05, 0) is 35.7 Å². The lowest BCUT2D eigenvalue weighted by atomic mass is 10.1. The van der Waals surface area contributed by atoms with Crippen LogP contribution in [0.25, 0.3) is 5.69 Å². The summed E-state index contributed by atoms with van der Waals surface area (Å²) >= 11 is 14.1. The standard InChI is InChI=1S/C30H31Cl2N5OS/c31-26-14-13-25(21-27(26)32)37-28(20-23-8-3-1-4-9-23)33-34-30(37)39-19-7-12-29(38)36-17-15-35(16-18-36)22-24-10-5-2-6-11-24/h1-6,8-11,13-14,21H,7,12,15-20,22H2. The summed E-state index contributed by atoms with van der Waals surface area (Å²) in [5.74, 6) is 1.82. The molecule has 0 spiro atoms. The quantitative estimate of drug-likeness (QED) is 0.161. The molecule has 0 atom stereocenters. The molecule has 5 rings (SSSR count). The summed E-state index contributed by atoms with van der Waals surface area (Å²) in [6.07, 6.45) is 1.95. The van der Waals surface area contributed by atoms with Crippen molar-refractivity contribution in [1.29, 1.82) is 0 Å². The Bertz CT molecular complexity index is 1370. The van der Waals surface area contributed by atoms with E-state index in [1.807, 2.05) is 45.9 Å². The first-order valence-corrected chi connectivity index (χ1v) is 14.9. The van der Waals surface area contributed by atoms with Crippen molar-refractivity contribution in [3.05, 3.63) is 106 Å². The Balaban J connectivity index is 1.16. The third-order valence-corrected chi connectivity index (χ3v) is 8.56. The lowest BCUT2D eigenvalue weighted by molar-refractivity contribution is -0.133. The normalized spacial score (nSPS) is 14.1. The molecule has 1 aliphatic heterocycles. The molecule has 9 heteroatoms. The number of benzene rings is 3. The molecule has 1 amide bonds. The zero-order chi connectivity index (χ0) is 27.0. The molecule has 1 fully saturated rings. The van der Waals surface area contributed by atoms with Gasteiger partial charge in [-0.2, -0.15) is 0 Å². The SMILES string of the molecule is O=C(CCCSc1nnc(Cc2ccccc2)n1-c1ccc(Cl)c(Cl)c1)N1CCN(Cc2ccccc2)CC1. The molecule has 0 aliphatic carbocycles. The summed E-state index contributed by atoms with van der Waals surface area (Å²) in [5.41, 5.74) is 3.33. The molecule has 39 heavy (non-hydrogen) atoms. The van der Waals surface area contributed by atoms with Crippen LogP contribution < -0.4 is 0 Å². The number of aromatic nitrogens is 3. The van der Waals surface area contributed by atoms with Crippen LogP contribution in [0, 0.1) is 0 Å². The van der Waals surface area contributed by atoms with Gasteiger partial charge in [0.1, 0.15) is 5.82 Å². The van der Waals surface area contributed by atoms with Crippen LogP contribution in [0.4, 0.5) is 0 Å². The predicted molar refractivity (Wildman–Crippen MR) is 159 cm³/mol. The van der Waals surface area contributed by atoms with Gasteiger partial charge in [-0.1, -0.05) is 95.6 Å². The number of rotatable bonds is 10. The molecule has 0 bridgehead atoms. The minimum Gasteiger partial charge on any atom is -0.340 e. The van der Waals surface area contributed by atoms with Gasteiger partial charge in [0.25, 0.3) is 0 Å². The lowest BCUT2D eigenvalue weighted by Gasteiger charge is -2.34. The van der Waals surface area contributed by atoms with Crippen molar-refractivity contribution in [1.82, 2.24) is 24.6 Å². The molecule has 0 saturated carbocycles. The Labute approximate surface area is 243 Å². The third kappa shape index (κ3) is 7.42. The fraction of sp³-hybridized carbons (Fsp3) is 0.300. The van der Waals surface area contributed by atoms with Gasteiger partial charge in [0.2, 0.25) is 5.91 Å². The van der Waals surface area contributed by atoms with E-state index < -0.39 is 0 Å². The number of hydrogen-bond acceptors (Lipinski definition) is 5. The Morgan fingerprint density at radius 1 is 0.821 bits per heavy atom. The zero-order valence-corrected chi connectivity index (χ0v) is 24.0. The number of nitrogens with zero attached hydrogens (tertiary/aromatic N) is 5. The predicted octanol–water partition coefficient (Wildman–Crippen LogP) is 6.38. The maximum absolute atomic E-state index is 12.9. The summed E-state index contributed by atoms with van der Waals surface area (Å²) in [4.78, 5) is 17.3. The van der Waals surface area contributed by atoms with Crippen LogP contribution in [0.15, 0.2) is 84.0 Å². The van der Waals surface area contributed by atoms with E-state index in [2.05, 4.69) is 51.5 Å². The summed E-state index contributed by atoms with van der Waals surface area (Å²) in [6, 6.07) is 26.2. The smallest absolute Gasteiger partial charge is 0.222 e. The molecule has 0 N–H and O–H groups in total. The Kier molecular flexibility index (Phi) is 9.58. The van der Waals surface area contributed by atoms with E-state index in [4.69, 9.17) is 23.2 Å². The molecular formula is C30H31Cl2N5OS. The molecule has 6 nitrogen and oxygen atoms in total. The van der Waals surface area contributed by atoms with Crippen molar-refractivity contribution in [3.8, 4) is 5.69 Å². The van der Waals surface area contributed by atoms with Gasteiger partial charge in [-0.15, -0.1) is 10.2 Å². The van der Waals surface area contributed by atoms with Crippen molar-refractivity contribution in [2.45, 2.75) is 31.0 Å². The fourth-order valence-electron chi connectivity index (χ4n) is 4.71. The molecule has 1 aromatic heterocycles. The molecule has 3 aromatic carbocycles. The highest BCUT2D eigenvalue weighted by Gasteiger charge is 2.21. The average molecular weight is 581 g/mol. The maximum Gasteiger partial charge on any atom is 0.222 e. The van der Waals surface area contributed by atoms with Crippen molar-refractivity contribution in [2.75, 3.05) is 31.9 Å². The maximum atomic E-state index is 12.9. The van der Waals surface area contributed by atoms with Crippen molar-refractivity contribution in [3.63, 3.8) is 0 Å². The number of carbonyl (C=O) groups excluding carboxylic acids is 1. The fourth-order valence-corrected chi connectivity index (χ4v) is 5.91. The van der Waals surface area contributed by atoms with Gasteiger partial charge in [0.05, 0.1) is 15.7 Å². The number of hydrogen-bond donors (Lipinski definition) is 0. The molecule has 4 aromatic rings. The van der Waals surface area contributed by atoms with Crippen LogP contribution in [0.2, 0.25) is 10.0 Å². The van der Waals surface area contributed by atoms with Crippen LogP contribution in [0.1, 0.15) is 29.8 Å². The number of amides is 1. The summed E-state index contributed by atoms with van der Waals surface area (Å²) in [5, 5.41) is 10.8. The lowest BCUT2D eigenvalue weighted by Crippen LogP contribution is -2.48. The van der Waals surface area contributed by atoms with Gasteiger partial charge in [-0.3, -0.25) is 14.3 Å². The topological polar surface area (TPSA) is 54.3 Å². The van der Waals surface area contributed by atoms with Gasteiger partial charge >= 0.3 is 0 Å². The van der Waals surface area contributed by atoms with E-state index in [-0.39, 0.29) is 5.91 Å². The molecule has 1 aliphatic rings. The van der Waals surface area contributed by atoms with Gasteiger partial charge < -0.3 is 4.90 Å². The van der Waals surface area contributed by atoms with Gasteiger partial charge in [0, 0.05) is 51.3 Å². The minimum atomic E-state index is 0.227. The number of carbonyl (C=O) groups is 1. The highest BCUT2D eigenvalue weighted by atomic mass is 35.5. The molecular weight excluding hydrogens is 549 g/mol. The molecule has 0 unspecified atom stereocenters. The van der Waals surface area contributed by atoms with Crippen LogP contribution in [-0.2, 0) is 17.8 Å². The van der Waals surface area contributed by atoms with Crippen LogP contribution in [-0.4, -0.2) is 62.4 Å². The second-order valence-corrected chi connectivity index (χ2v) is 11.5. The largest absolute Gasteiger partial charge is 0.340 e. The Hall–Kier alpha value is -2.84. The second kappa shape index (κ2) is 13.5. The molecule has 0 radical (unpaired) electrons. The van der Waals surface area contributed by atoms with E-state index in [0.29, 0.717) is 22.9 Å². The number of piperazine rings is 1. The second-order valence-electron chi connectivity index (χ2n) is 9.59. The van der Waals surface area contributed by atoms with Crippen molar-refractivity contribution >= 4 is 40.9 Å². The van der Waals surface area contributed by atoms with E-state index in [1.54, 1.807) is 17.8 Å². The van der Waals surface area contributed by atoms with E-state index in [9.17, 15) is 4.79 Å². The van der Waals surface area contributed by atoms with Crippen molar-refractivity contribution < 1.29 is 4.79 Å². The van der Waals surface area contributed by atoms with Crippen LogP contribution >= 0.6 is 35.0 Å².